The predicted octanol–water partition coefficient (Wildman–Crippen LogP) is 1.31. The van der Waals surface area contributed by atoms with Gasteiger partial charge in [-0.2, -0.15) is 0 Å². The van der Waals surface area contributed by atoms with Crippen molar-refractivity contribution in [2.75, 3.05) is 20.1 Å². The monoisotopic (exact) mass is 183 g/mol. The van der Waals surface area contributed by atoms with Crippen LogP contribution in [0.4, 0.5) is 0 Å². The van der Waals surface area contributed by atoms with Gasteiger partial charge in [-0.05, 0) is 12.3 Å². The zero-order valence-corrected chi connectivity index (χ0v) is 9.39. The van der Waals surface area contributed by atoms with Crippen LogP contribution in [0.25, 0.3) is 0 Å². The predicted molar refractivity (Wildman–Crippen MR) is 57.0 cm³/mol. The minimum atomic E-state index is 0.284. The van der Waals surface area contributed by atoms with E-state index in [1.54, 1.807) is 0 Å². The van der Waals surface area contributed by atoms with E-state index in [9.17, 15) is 0 Å². The van der Waals surface area contributed by atoms with Crippen LogP contribution < -0.4 is 5.32 Å². The Labute approximate surface area is 81.2 Å². The first-order valence-corrected chi connectivity index (χ1v) is 4.93. The summed E-state index contributed by atoms with van der Waals surface area (Å²) in [6.45, 7) is 10.9. The first kappa shape index (κ1) is 10.4. The fourth-order valence-corrected chi connectivity index (χ4v) is 1.10. The number of rotatable bonds is 1. The van der Waals surface area contributed by atoms with Crippen LogP contribution in [0.15, 0.2) is 4.99 Å². The van der Waals surface area contributed by atoms with E-state index in [-0.39, 0.29) is 5.41 Å². The summed E-state index contributed by atoms with van der Waals surface area (Å²) in [4.78, 5) is 6.57. The molecule has 1 unspecified atom stereocenters. The third-order valence-electron chi connectivity index (χ3n) is 2.70. The molecular weight excluding hydrogens is 162 g/mol. The second-order valence-electron chi connectivity index (χ2n) is 4.86. The van der Waals surface area contributed by atoms with Gasteiger partial charge in [0.15, 0.2) is 5.96 Å². The molecule has 1 N–H and O–H groups in total. The van der Waals surface area contributed by atoms with E-state index < -0.39 is 0 Å². The Bertz CT molecular complexity index is 203. The molecule has 0 aromatic rings. The second-order valence-corrected chi connectivity index (χ2v) is 4.86. The van der Waals surface area contributed by atoms with Crippen LogP contribution in [0.2, 0.25) is 0 Å². The number of hydrogen-bond donors (Lipinski definition) is 1. The number of nitrogens with zero attached hydrogens (tertiary/aromatic N) is 2. The first-order valence-electron chi connectivity index (χ1n) is 4.93. The number of hydrogen-bond acceptors (Lipinski definition) is 3. The van der Waals surface area contributed by atoms with Crippen molar-refractivity contribution in [1.82, 2.24) is 10.2 Å². The topological polar surface area (TPSA) is 27.6 Å². The lowest BCUT2D eigenvalue weighted by Crippen LogP contribution is -2.46. The van der Waals surface area contributed by atoms with Crippen molar-refractivity contribution >= 4 is 5.96 Å². The number of aliphatic imine (C=N–C) groups is 1. The van der Waals surface area contributed by atoms with Gasteiger partial charge >= 0.3 is 0 Å². The number of guanidine groups is 1. The summed E-state index contributed by atoms with van der Waals surface area (Å²) in [5, 5.41) is 3.44. The average molecular weight is 183 g/mol. The second kappa shape index (κ2) is 3.56. The molecule has 0 spiro atoms. The standard InChI is InChI=1S/C10H21N3/c1-8(10(2,3)4)12-9-11-6-7-13(9)5/h8H,6-7H2,1-5H3,(H,11,12). The fraction of sp³-hybridized carbons (Fsp3) is 0.900. The summed E-state index contributed by atoms with van der Waals surface area (Å²) in [7, 11) is 2.08. The highest BCUT2D eigenvalue weighted by Crippen LogP contribution is 2.18. The van der Waals surface area contributed by atoms with E-state index in [4.69, 9.17) is 0 Å². The Morgan fingerprint density at radius 2 is 2.08 bits per heavy atom. The van der Waals surface area contributed by atoms with Gasteiger partial charge in [0.1, 0.15) is 0 Å². The minimum absolute atomic E-state index is 0.284. The molecule has 3 heteroatoms. The number of nitrogens with one attached hydrogen (secondary N) is 1. The third kappa shape index (κ3) is 2.61. The van der Waals surface area contributed by atoms with Gasteiger partial charge < -0.3 is 10.2 Å². The molecule has 0 amide bonds. The summed E-state index contributed by atoms with van der Waals surface area (Å²) < 4.78 is 0. The SMILES string of the molecule is CC(NC1=NCCN1C)C(C)(C)C. The molecule has 1 aliphatic heterocycles. The molecule has 1 atom stereocenters. The molecule has 0 saturated carbocycles. The Morgan fingerprint density at radius 1 is 1.46 bits per heavy atom. The molecule has 1 aliphatic rings. The van der Waals surface area contributed by atoms with Gasteiger partial charge in [-0.3, -0.25) is 4.99 Å². The third-order valence-corrected chi connectivity index (χ3v) is 2.70. The molecule has 0 aliphatic carbocycles. The summed E-state index contributed by atoms with van der Waals surface area (Å²) in [5.74, 6) is 1.04. The van der Waals surface area contributed by atoms with E-state index >= 15 is 0 Å². The minimum Gasteiger partial charge on any atom is -0.353 e. The molecule has 0 saturated heterocycles. The van der Waals surface area contributed by atoms with Gasteiger partial charge in [-0.25, -0.2) is 0 Å². The number of likely N-dealkylation sites (N-methyl/N-ethyl adjacent to an activating group) is 1. The normalized spacial score (nSPS) is 20.1. The lowest BCUT2D eigenvalue weighted by molar-refractivity contribution is 0.309. The van der Waals surface area contributed by atoms with E-state index in [0.717, 1.165) is 19.0 Å². The van der Waals surface area contributed by atoms with Crippen LogP contribution in [-0.2, 0) is 0 Å². The molecule has 3 nitrogen and oxygen atoms in total. The van der Waals surface area contributed by atoms with Crippen LogP contribution in [0.3, 0.4) is 0 Å². The van der Waals surface area contributed by atoms with Crippen molar-refractivity contribution in [3.8, 4) is 0 Å². The Hall–Kier alpha value is -0.730. The molecular formula is C10H21N3. The van der Waals surface area contributed by atoms with Crippen LogP contribution in [0.5, 0.6) is 0 Å². The maximum Gasteiger partial charge on any atom is 0.194 e. The lowest BCUT2D eigenvalue weighted by Gasteiger charge is -2.30. The van der Waals surface area contributed by atoms with Gasteiger partial charge in [0.2, 0.25) is 0 Å². The molecule has 1 rings (SSSR count). The van der Waals surface area contributed by atoms with Gasteiger partial charge in [0.25, 0.3) is 0 Å². The van der Waals surface area contributed by atoms with E-state index in [0.29, 0.717) is 6.04 Å². The average Bonchev–Trinajstić information content (AvgIpc) is 2.34. The quantitative estimate of drug-likeness (QED) is 0.664. The van der Waals surface area contributed by atoms with Gasteiger partial charge in [-0.15, -0.1) is 0 Å². The summed E-state index contributed by atoms with van der Waals surface area (Å²) in [6.07, 6.45) is 0. The molecule has 13 heavy (non-hydrogen) atoms. The van der Waals surface area contributed by atoms with Crippen LogP contribution in [0.1, 0.15) is 27.7 Å². The summed E-state index contributed by atoms with van der Waals surface area (Å²) in [6, 6.07) is 0.451. The molecule has 1 heterocycles. The smallest absolute Gasteiger partial charge is 0.194 e. The van der Waals surface area contributed by atoms with Crippen LogP contribution in [0, 0.1) is 5.41 Å². The maximum atomic E-state index is 4.40. The maximum absolute atomic E-state index is 4.40. The zero-order valence-electron chi connectivity index (χ0n) is 9.39. The molecule has 0 aromatic heterocycles. The van der Waals surface area contributed by atoms with Crippen molar-refractivity contribution < 1.29 is 0 Å². The molecule has 0 radical (unpaired) electrons. The van der Waals surface area contributed by atoms with E-state index in [2.05, 4.69) is 50.0 Å². The first-order chi connectivity index (χ1) is 5.91. The van der Waals surface area contributed by atoms with Gasteiger partial charge in [0.05, 0.1) is 6.54 Å². The van der Waals surface area contributed by atoms with E-state index in [1.165, 1.54) is 0 Å². The molecule has 0 bridgehead atoms. The molecule has 76 valence electrons. The Balaban J connectivity index is 2.49. The van der Waals surface area contributed by atoms with Crippen molar-refractivity contribution in [3.63, 3.8) is 0 Å². The van der Waals surface area contributed by atoms with E-state index in [1.807, 2.05) is 0 Å². The summed E-state index contributed by atoms with van der Waals surface area (Å²) >= 11 is 0. The lowest BCUT2D eigenvalue weighted by atomic mass is 9.88. The van der Waals surface area contributed by atoms with Gasteiger partial charge in [-0.1, -0.05) is 20.8 Å². The highest BCUT2D eigenvalue weighted by molar-refractivity contribution is 5.81. The highest BCUT2D eigenvalue weighted by Gasteiger charge is 2.23. The Kier molecular flexibility index (Phi) is 2.84. The summed E-state index contributed by atoms with van der Waals surface area (Å²) in [5.41, 5.74) is 0.284. The largest absolute Gasteiger partial charge is 0.353 e. The zero-order chi connectivity index (χ0) is 10.1. The highest BCUT2D eigenvalue weighted by atomic mass is 15.3. The van der Waals surface area contributed by atoms with Crippen molar-refractivity contribution in [2.45, 2.75) is 33.7 Å². The van der Waals surface area contributed by atoms with Crippen LogP contribution in [-0.4, -0.2) is 37.0 Å². The Morgan fingerprint density at radius 3 is 2.46 bits per heavy atom. The van der Waals surface area contributed by atoms with Crippen molar-refractivity contribution in [2.24, 2.45) is 10.4 Å². The molecule has 0 aromatic carbocycles. The van der Waals surface area contributed by atoms with Crippen LogP contribution >= 0.6 is 0 Å². The van der Waals surface area contributed by atoms with Crippen molar-refractivity contribution in [3.05, 3.63) is 0 Å². The van der Waals surface area contributed by atoms with Gasteiger partial charge in [0, 0.05) is 19.6 Å². The van der Waals surface area contributed by atoms with Crippen molar-refractivity contribution in [1.29, 1.82) is 0 Å². The fourth-order valence-electron chi connectivity index (χ4n) is 1.10. The molecule has 0 fully saturated rings.